The maximum atomic E-state index is 11.2. The zero-order chi connectivity index (χ0) is 10.0. The minimum absolute atomic E-state index is 0.145. The zero-order valence-corrected chi connectivity index (χ0v) is 7.59. The largest absolute Gasteiger partial charge is 0.370 e. The summed E-state index contributed by atoms with van der Waals surface area (Å²) in [6.45, 7) is 3.81. The van der Waals surface area contributed by atoms with Crippen LogP contribution in [-0.4, -0.2) is 23.9 Å². The van der Waals surface area contributed by atoms with E-state index >= 15 is 0 Å². The highest BCUT2D eigenvalue weighted by atomic mass is 16.2. The van der Waals surface area contributed by atoms with Gasteiger partial charge in [0.05, 0.1) is 0 Å². The molecule has 0 aromatic carbocycles. The van der Waals surface area contributed by atoms with Crippen LogP contribution in [0.3, 0.4) is 0 Å². The van der Waals surface area contributed by atoms with Crippen molar-refractivity contribution >= 4 is 17.8 Å². The van der Waals surface area contributed by atoms with E-state index in [-0.39, 0.29) is 29.8 Å². The molecule has 1 amide bonds. The van der Waals surface area contributed by atoms with E-state index in [1.54, 1.807) is 0 Å². The summed E-state index contributed by atoms with van der Waals surface area (Å²) in [6, 6.07) is -0.373. The Morgan fingerprint density at radius 2 is 2.38 bits per heavy atom. The van der Waals surface area contributed by atoms with Crippen LogP contribution in [0.5, 0.6) is 0 Å². The van der Waals surface area contributed by atoms with Crippen molar-refractivity contribution in [1.29, 1.82) is 5.41 Å². The molecule has 0 radical (unpaired) electrons. The lowest BCUT2D eigenvalue weighted by Crippen LogP contribution is -2.43. The number of rotatable bonds is 1. The fourth-order valence-electron chi connectivity index (χ4n) is 1.06. The number of guanidine groups is 2. The summed E-state index contributed by atoms with van der Waals surface area (Å²) in [4.78, 5) is 15.3. The minimum atomic E-state index is -0.373. The summed E-state index contributed by atoms with van der Waals surface area (Å²) in [5.74, 6) is 0.0182. The van der Waals surface area contributed by atoms with Crippen molar-refractivity contribution in [2.45, 2.75) is 19.9 Å². The van der Waals surface area contributed by atoms with Crippen molar-refractivity contribution in [1.82, 2.24) is 10.6 Å². The Morgan fingerprint density at radius 1 is 1.77 bits per heavy atom. The van der Waals surface area contributed by atoms with Gasteiger partial charge in [0, 0.05) is 0 Å². The van der Waals surface area contributed by atoms with Crippen LogP contribution in [0.15, 0.2) is 4.99 Å². The van der Waals surface area contributed by atoms with E-state index in [2.05, 4.69) is 15.6 Å². The molecular weight excluding hydrogens is 170 g/mol. The first-order valence-corrected chi connectivity index (χ1v) is 4.00. The molecule has 1 atom stereocenters. The normalized spacial score (nSPS) is 21.3. The lowest BCUT2D eigenvalue weighted by Gasteiger charge is -2.06. The van der Waals surface area contributed by atoms with Gasteiger partial charge in [0.25, 0.3) is 5.91 Å². The molecule has 6 nitrogen and oxygen atoms in total. The molecule has 0 aromatic rings. The monoisotopic (exact) mass is 183 g/mol. The molecule has 13 heavy (non-hydrogen) atoms. The van der Waals surface area contributed by atoms with Crippen LogP contribution in [0.4, 0.5) is 0 Å². The Labute approximate surface area is 76.1 Å². The maximum absolute atomic E-state index is 11.2. The highest BCUT2D eigenvalue weighted by Gasteiger charge is 2.28. The van der Waals surface area contributed by atoms with Crippen LogP contribution >= 0.6 is 0 Å². The topological polar surface area (TPSA) is 103 Å². The second kappa shape index (κ2) is 3.42. The predicted octanol–water partition coefficient (Wildman–Crippen LogP) is -1.02. The third kappa shape index (κ3) is 2.17. The van der Waals surface area contributed by atoms with E-state index in [0.29, 0.717) is 0 Å². The molecule has 5 N–H and O–H groups in total. The SMILES string of the molecule is CC(C)C1N=C(NC(=N)N)NC1=O. The fourth-order valence-corrected chi connectivity index (χ4v) is 1.06. The Morgan fingerprint density at radius 3 is 2.77 bits per heavy atom. The van der Waals surface area contributed by atoms with Gasteiger partial charge in [0.2, 0.25) is 5.96 Å². The van der Waals surface area contributed by atoms with Crippen molar-refractivity contribution in [3.05, 3.63) is 0 Å². The average Bonchev–Trinajstić information content (AvgIpc) is 2.29. The number of nitrogens with one attached hydrogen (secondary N) is 3. The van der Waals surface area contributed by atoms with Crippen molar-refractivity contribution in [2.24, 2.45) is 16.6 Å². The summed E-state index contributed by atoms with van der Waals surface area (Å²) in [5.41, 5.74) is 5.08. The standard InChI is InChI=1S/C7H13N5O/c1-3(2)4-5(13)11-7(10-4)12-6(8)9/h3-4H,1-2H3,(H5,8,9,10,11,12,13). The van der Waals surface area contributed by atoms with Crippen molar-refractivity contribution in [2.75, 3.05) is 0 Å². The fraction of sp³-hybridized carbons (Fsp3) is 0.571. The molecule has 0 aliphatic carbocycles. The lowest BCUT2D eigenvalue weighted by molar-refractivity contribution is -0.120. The second-order valence-corrected chi connectivity index (χ2v) is 3.19. The van der Waals surface area contributed by atoms with E-state index < -0.39 is 0 Å². The van der Waals surface area contributed by atoms with Gasteiger partial charge < -0.3 is 5.73 Å². The number of aliphatic imine (C=N–C) groups is 1. The van der Waals surface area contributed by atoms with E-state index in [9.17, 15) is 4.79 Å². The van der Waals surface area contributed by atoms with E-state index in [4.69, 9.17) is 11.1 Å². The minimum Gasteiger partial charge on any atom is -0.370 e. The molecule has 0 aromatic heterocycles. The lowest BCUT2D eigenvalue weighted by atomic mass is 10.1. The van der Waals surface area contributed by atoms with Crippen LogP contribution in [0.25, 0.3) is 0 Å². The summed E-state index contributed by atoms with van der Waals surface area (Å²) >= 11 is 0. The van der Waals surface area contributed by atoms with Gasteiger partial charge in [-0.1, -0.05) is 13.8 Å². The molecule has 0 bridgehead atoms. The molecule has 0 saturated carbocycles. The van der Waals surface area contributed by atoms with Crippen molar-refractivity contribution < 1.29 is 4.79 Å². The quantitative estimate of drug-likeness (QED) is 0.309. The zero-order valence-electron chi connectivity index (χ0n) is 7.59. The smallest absolute Gasteiger partial charge is 0.251 e. The molecular formula is C7H13N5O. The van der Waals surface area contributed by atoms with Crippen molar-refractivity contribution in [3.8, 4) is 0 Å². The Bertz CT molecular complexity index is 270. The highest BCUT2D eigenvalue weighted by Crippen LogP contribution is 2.09. The third-order valence-corrected chi connectivity index (χ3v) is 1.66. The molecule has 6 heteroatoms. The Hall–Kier alpha value is -1.59. The van der Waals surface area contributed by atoms with Crippen LogP contribution in [0.1, 0.15) is 13.8 Å². The first-order chi connectivity index (χ1) is 6.00. The number of nitrogens with zero attached hydrogens (tertiary/aromatic N) is 1. The van der Waals surface area contributed by atoms with Gasteiger partial charge in [-0.3, -0.25) is 20.8 Å². The number of carbonyl (C=O) groups is 1. The predicted molar refractivity (Wildman–Crippen MR) is 49.3 cm³/mol. The maximum Gasteiger partial charge on any atom is 0.251 e. The van der Waals surface area contributed by atoms with Gasteiger partial charge in [-0.05, 0) is 5.92 Å². The second-order valence-electron chi connectivity index (χ2n) is 3.19. The molecule has 1 aliphatic heterocycles. The summed E-state index contributed by atoms with van der Waals surface area (Å²) in [5, 5.41) is 11.9. The summed E-state index contributed by atoms with van der Waals surface area (Å²) in [7, 11) is 0. The van der Waals surface area contributed by atoms with Crippen molar-refractivity contribution in [3.63, 3.8) is 0 Å². The number of carbonyl (C=O) groups excluding carboxylic acids is 1. The van der Waals surface area contributed by atoms with Gasteiger partial charge in [-0.25, -0.2) is 4.99 Å². The Balaban J connectivity index is 2.66. The number of hydrogen-bond donors (Lipinski definition) is 4. The molecule has 1 unspecified atom stereocenters. The number of hydrogen-bond acceptors (Lipinski definition) is 3. The highest BCUT2D eigenvalue weighted by molar-refractivity contribution is 6.09. The number of amides is 1. The number of nitrogens with two attached hydrogens (primary N) is 1. The third-order valence-electron chi connectivity index (χ3n) is 1.66. The van der Waals surface area contributed by atoms with Gasteiger partial charge >= 0.3 is 0 Å². The van der Waals surface area contributed by atoms with Gasteiger partial charge in [-0.15, -0.1) is 0 Å². The van der Waals surface area contributed by atoms with E-state index in [0.717, 1.165) is 0 Å². The first kappa shape index (κ1) is 9.50. The molecule has 1 heterocycles. The molecule has 0 fully saturated rings. The van der Waals surface area contributed by atoms with Gasteiger partial charge in [0.1, 0.15) is 6.04 Å². The summed E-state index contributed by atoms with van der Waals surface area (Å²) < 4.78 is 0. The Kier molecular flexibility index (Phi) is 2.50. The van der Waals surface area contributed by atoms with Crippen LogP contribution in [0.2, 0.25) is 0 Å². The molecule has 0 saturated heterocycles. The summed E-state index contributed by atoms with van der Waals surface area (Å²) in [6.07, 6.45) is 0. The van der Waals surface area contributed by atoms with E-state index in [1.165, 1.54) is 0 Å². The van der Waals surface area contributed by atoms with Gasteiger partial charge in [0.15, 0.2) is 5.96 Å². The first-order valence-electron chi connectivity index (χ1n) is 4.00. The molecule has 72 valence electrons. The molecule has 1 aliphatic rings. The van der Waals surface area contributed by atoms with Crippen LogP contribution in [-0.2, 0) is 4.79 Å². The molecule has 1 rings (SSSR count). The van der Waals surface area contributed by atoms with Gasteiger partial charge in [-0.2, -0.15) is 0 Å². The van der Waals surface area contributed by atoms with Crippen LogP contribution < -0.4 is 16.4 Å². The average molecular weight is 183 g/mol. The van der Waals surface area contributed by atoms with Crippen LogP contribution in [0, 0.1) is 11.3 Å². The molecule has 0 spiro atoms. The van der Waals surface area contributed by atoms with E-state index in [1.807, 2.05) is 13.8 Å².